The number of phenolic OH excluding ortho intramolecular Hbond substituents is 1. The average molecular weight is 582 g/mol. The standard InChI is InChI=1S/C24H28BrN3O9/c1-7-8-4-5-9(27-10(29)6-25)17(30)12(8)18(31)13-11(7)19(32)15-16(28(2)3)20(33)14(23(26)36)22(35)24(15,37)21(13)34/h4-5,7,11,13,15-16,19,21,30,32,34-35,37H,6H2,1-3H3,(H2,26,36)(H,27,29)/t7?,11?,13?,15?,16-,19?,21?,24-/m0/s1. The number of aliphatic hydroxyl groups excluding tert-OH is 3. The molecule has 8 atom stereocenters. The molecule has 0 bridgehead atoms. The Morgan fingerprint density at radius 3 is 2.32 bits per heavy atom. The molecular formula is C24H28BrN3O9. The predicted molar refractivity (Wildman–Crippen MR) is 132 cm³/mol. The van der Waals surface area contributed by atoms with Crippen LogP contribution in [-0.4, -0.2) is 97.1 Å². The molecule has 1 saturated carbocycles. The fraction of sp³-hybridized carbons (Fsp3) is 0.500. The van der Waals surface area contributed by atoms with Crippen LogP contribution in [-0.2, 0) is 14.4 Å². The van der Waals surface area contributed by atoms with Crippen LogP contribution in [0.4, 0.5) is 5.69 Å². The maximum atomic E-state index is 13.8. The third-order valence-electron chi connectivity index (χ3n) is 7.97. The fourth-order valence-corrected chi connectivity index (χ4v) is 6.51. The van der Waals surface area contributed by atoms with Crippen LogP contribution in [0.2, 0.25) is 0 Å². The number of amides is 2. The van der Waals surface area contributed by atoms with Gasteiger partial charge in [0.1, 0.15) is 23.2 Å². The first-order valence-corrected chi connectivity index (χ1v) is 12.6. The number of Topliss-reactive ketones (excluding diaryl/α,β-unsaturated/α-hetero) is 2. The highest BCUT2D eigenvalue weighted by Crippen LogP contribution is 2.57. The molecule has 3 aliphatic carbocycles. The van der Waals surface area contributed by atoms with E-state index in [-0.39, 0.29) is 16.6 Å². The van der Waals surface area contributed by atoms with E-state index in [1.807, 2.05) is 0 Å². The Morgan fingerprint density at radius 2 is 1.78 bits per heavy atom. The number of primary amides is 1. The highest BCUT2D eigenvalue weighted by atomic mass is 79.9. The van der Waals surface area contributed by atoms with Crippen molar-refractivity contribution in [3.63, 3.8) is 0 Å². The molecule has 37 heavy (non-hydrogen) atoms. The molecule has 0 radical (unpaired) electrons. The van der Waals surface area contributed by atoms with Crippen molar-refractivity contribution in [2.24, 2.45) is 23.5 Å². The molecule has 3 aliphatic rings. The minimum atomic E-state index is -2.79. The SMILES string of the molecule is CC1c2ccc(NC(=O)CBr)c(O)c2C(=O)C2C1C(O)C1[C@H](N(C)C)C(=O)C(C(N)=O)=C(O)[C@@]1(O)C2O. The third kappa shape index (κ3) is 3.63. The lowest BCUT2D eigenvalue weighted by Gasteiger charge is -2.58. The second-order valence-corrected chi connectivity index (χ2v) is 10.6. The zero-order valence-electron chi connectivity index (χ0n) is 20.2. The summed E-state index contributed by atoms with van der Waals surface area (Å²) < 4.78 is 0. The number of anilines is 1. The van der Waals surface area contributed by atoms with E-state index >= 15 is 0 Å². The largest absolute Gasteiger partial charge is 0.508 e. The van der Waals surface area contributed by atoms with Crippen LogP contribution in [0.3, 0.4) is 0 Å². The van der Waals surface area contributed by atoms with Crippen molar-refractivity contribution >= 4 is 45.0 Å². The van der Waals surface area contributed by atoms with Gasteiger partial charge in [0.15, 0.2) is 17.2 Å². The molecule has 12 nitrogen and oxygen atoms in total. The second kappa shape index (κ2) is 9.17. The fourth-order valence-electron chi connectivity index (χ4n) is 6.37. The molecule has 0 saturated heterocycles. The van der Waals surface area contributed by atoms with Crippen molar-refractivity contribution in [3.8, 4) is 5.75 Å². The van der Waals surface area contributed by atoms with E-state index in [0.29, 0.717) is 5.56 Å². The number of carbonyl (C=O) groups excluding carboxylic acids is 4. The number of ketones is 2. The topological polar surface area (TPSA) is 211 Å². The number of rotatable bonds is 4. The van der Waals surface area contributed by atoms with Crippen molar-refractivity contribution in [3.05, 3.63) is 34.6 Å². The summed E-state index contributed by atoms with van der Waals surface area (Å²) in [6.45, 7) is 1.65. The molecule has 200 valence electrons. The predicted octanol–water partition coefficient (Wildman–Crippen LogP) is -0.849. The van der Waals surface area contributed by atoms with E-state index < -0.39 is 88.0 Å². The lowest BCUT2D eigenvalue weighted by molar-refractivity contribution is -0.221. The lowest BCUT2D eigenvalue weighted by atomic mass is 9.50. The first-order chi connectivity index (χ1) is 17.2. The van der Waals surface area contributed by atoms with Crippen LogP contribution in [0.15, 0.2) is 23.5 Å². The molecule has 8 N–H and O–H groups in total. The minimum Gasteiger partial charge on any atom is -0.508 e. The van der Waals surface area contributed by atoms with Crippen molar-refractivity contribution < 1.29 is 44.7 Å². The third-order valence-corrected chi connectivity index (χ3v) is 8.48. The first-order valence-electron chi connectivity index (χ1n) is 11.5. The molecule has 0 heterocycles. The number of nitrogens with zero attached hydrogens (tertiary/aromatic N) is 1. The van der Waals surface area contributed by atoms with E-state index in [1.54, 1.807) is 6.92 Å². The van der Waals surface area contributed by atoms with E-state index in [9.17, 15) is 44.7 Å². The number of phenols is 1. The minimum absolute atomic E-state index is 0.0562. The molecule has 4 rings (SSSR count). The molecule has 13 heteroatoms. The van der Waals surface area contributed by atoms with Gasteiger partial charge in [0.2, 0.25) is 5.91 Å². The number of alkyl halides is 1. The molecule has 1 fully saturated rings. The molecule has 0 aliphatic heterocycles. The van der Waals surface area contributed by atoms with Crippen LogP contribution in [0.5, 0.6) is 5.75 Å². The van der Waals surface area contributed by atoms with Gasteiger partial charge in [0.25, 0.3) is 5.91 Å². The number of nitrogens with two attached hydrogens (primary N) is 1. The number of fused-ring (bicyclic) bond motifs is 3. The highest BCUT2D eigenvalue weighted by molar-refractivity contribution is 9.09. The smallest absolute Gasteiger partial charge is 0.255 e. The monoisotopic (exact) mass is 581 g/mol. The summed E-state index contributed by atoms with van der Waals surface area (Å²) in [5.41, 5.74) is 1.65. The Morgan fingerprint density at radius 1 is 1.16 bits per heavy atom. The van der Waals surface area contributed by atoms with Gasteiger partial charge in [-0.1, -0.05) is 28.9 Å². The van der Waals surface area contributed by atoms with Gasteiger partial charge in [-0.2, -0.15) is 0 Å². The van der Waals surface area contributed by atoms with E-state index in [1.165, 1.54) is 31.1 Å². The number of halogens is 1. The maximum absolute atomic E-state index is 13.8. The Hall–Kier alpha value is -2.84. The number of hydrogen-bond acceptors (Lipinski definition) is 10. The van der Waals surface area contributed by atoms with Crippen LogP contribution in [0.25, 0.3) is 0 Å². The zero-order chi connectivity index (χ0) is 27.7. The molecule has 1 aromatic rings. The van der Waals surface area contributed by atoms with Gasteiger partial charge in [-0.15, -0.1) is 0 Å². The van der Waals surface area contributed by atoms with Gasteiger partial charge in [-0.05, 0) is 31.6 Å². The number of carbonyl (C=O) groups is 4. The summed E-state index contributed by atoms with van der Waals surface area (Å²) in [6.07, 6.45) is -3.72. The molecule has 2 amide bonds. The Labute approximate surface area is 219 Å². The van der Waals surface area contributed by atoms with Crippen LogP contribution < -0.4 is 11.1 Å². The summed E-state index contributed by atoms with van der Waals surface area (Å²) >= 11 is 2.99. The van der Waals surface area contributed by atoms with Crippen molar-refractivity contribution in [2.75, 3.05) is 24.7 Å². The van der Waals surface area contributed by atoms with E-state index in [2.05, 4.69) is 21.2 Å². The Balaban J connectivity index is 1.94. The highest BCUT2D eigenvalue weighted by Gasteiger charge is 2.70. The van der Waals surface area contributed by atoms with Crippen molar-refractivity contribution in [1.29, 1.82) is 0 Å². The quantitative estimate of drug-likeness (QED) is 0.133. The van der Waals surface area contributed by atoms with Gasteiger partial charge in [-0.25, -0.2) is 0 Å². The van der Waals surface area contributed by atoms with Crippen LogP contribution in [0.1, 0.15) is 28.8 Å². The summed E-state index contributed by atoms with van der Waals surface area (Å²) in [5, 5.41) is 59.0. The van der Waals surface area contributed by atoms with Crippen molar-refractivity contribution in [1.82, 2.24) is 4.90 Å². The van der Waals surface area contributed by atoms with Crippen LogP contribution in [0, 0.1) is 17.8 Å². The zero-order valence-corrected chi connectivity index (χ0v) is 21.8. The summed E-state index contributed by atoms with van der Waals surface area (Å²) in [6, 6.07) is 1.55. The molecule has 1 aromatic carbocycles. The summed E-state index contributed by atoms with van der Waals surface area (Å²) in [4.78, 5) is 52.2. The number of benzene rings is 1. The molecule has 0 spiro atoms. The molecule has 6 unspecified atom stereocenters. The van der Waals surface area contributed by atoms with Gasteiger partial charge in [0, 0.05) is 11.8 Å². The van der Waals surface area contributed by atoms with Crippen molar-refractivity contribution in [2.45, 2.75) is 36.7 Å². The van der Waals surface area contributed by atoms with Gasteiger partial charge < -0.3 is 36.6 Å². The number of aromatic hydroxyl groups is 1. The van der Waals surface area contributed by atoms with Gasteiger partial charge >= 0.3 is 0 Å². The Kier molecular flexibility index (Phi) is 6.74. The summed E-state index contributed by atoms with van der Waals surface area (Å²) in [5.74, 6) is -10.2. The maximum Gasteiger partial charge on any atom is 0.255 e. The average Bonchev–Trinajstić information content (AvgIpc) is 2.82. The lowest BCUT2D eigenvalue weighted by Crippen LogP contribution is -2.74. The Bertz CT molecular complexity index is 1250. The van der Waals surface area contributed by atoms with Gasteiger partial charge in [0.05, 0.1) is 34.6 Å². The number of nitrogens with one attached hydrogen (secondary N) is 1. The normalized spacial score (nSPS) is 35.1. The number of aliphatic hydroxyl groups is 4. The first kappa shape index (κ1) is 27.2. The van der Waals surface area contributed by atoms with Gasteiger partial charge in [-0.3, -0.25) is 24.1 Å². The number of hydrogen-bond donors (Lipinski definition) is 7. The van der Waals surface area contributed by atoms with Crippen LogP contribution >= 0.6 is 15.9 Å². The second-order valence-electron chi connectivity index (χ2n) is 10.0. The molecule has 0 aromatic heterocycles. The number of likely N-dealkylation sites (N-methyl/N-ethyl adjacent to an activating group) is 1. The van der Waals surface area contributed by atoms with E-state index in [0.717, 1.165) is 0 Å². The van der Waals surface area contributed by atoms with E-state index in [4.69, 9.17) is 5.73 Å². The molecular weight excluding hydrogens is 554 g/mol. The summed E-state index contributed by atoms with van der Waals surface area (Å²) in [7, 11) is 2.92.